The smallest absolute Gasteiger partial charge is 0.252 e. The van der Waals surface area contributed by atoms with Crippen molar-refractivity contribution in [1.29, 1.82) is 0 Å². The summed E-state index contributed by atoms with van der Waals surface area (Å²) in [5.41, 5.74) is 4.38. The lowest BCUT2D eigenvalue weighted by molar-refractivity contribution is 0.0930. The summed E-state index contributed by atoms with van der Waals surface area (Å²) in [5, 5.41) is 4.99. The van der Waals surface area contributed by atoms with Crippen LogP contribution in [0.1, 0.15) is 34.3 Å². The fourth-order valence-corrected chi connectivity index (χ4v) is 4.70. The number of carbonyl (C=O) groups excluding carboxylic acids is 1. The summed E-state index contributed by atoms with van der Waals surface area (Å²) in [6.45, 7) is 3.98. The Kier molecular flexibility index (Phi) is 4.91. The van der Waals surface area contributed by atoms with Crippen molar-refractivity contribution in [3.8, 4) is 0 Å². The van der Waals surface area contributed by atoms with Crippen LogP contribution in [-0.4, -0.2) is 49.0 Å². The summed E-state index contributed by atoms with van der Waals surface area (Å²) in [4.78, 5) is 22.4. The zero-order valence-corrected chi connectivity index (χ0v) is 18.9. The van der Waals surface area contributed by atoms with Gasteiger partial charge in [0.25, 0.3) is 5.91 Å². The number of carbonyl (C=O) groups is 1. The molecule has 2 aliphatic rings. The second-order valence-corrected chi connectivity index (χ2v) is 9.46. The normalized spacial score (nSPS) is 17.6. The average molecular weight is 435 g/mol. The van der Waals surface area contributed by atoms with Crippen molar-refractivity contribution in [2.45, 2.75) is 31.3 Å². The highest BCUT2D eigenvalue weighted by atomic mass is 35.5. The Hall–Kier alpha value is -2.63. The first kappa shape index (κ1) is 20.3. The van der Waals surface area contributed by atoms with Gasteiger partial charge in [-0.15, -0.1) is 0 Å². The number of nitrogens with zero attached hydrogens (tertiary/aromatic N) is 3. The van der Waals surface area contributed by atoms with Crippen LogP contribution in [0.4, 0.5) is 5.69 Å². The van der Waals surface area contributed by atoms with Gasteiger partial charge < -0.3 is 15.1 Å². The van der Waals surface area contributed by atoms with Gasteiger partial charge in [-0.1, -0.05) is 29.8 Å². The van der Waals surface area contributed by atoms with Crippen molar-refractivity contribution in [3.05, 3.63) is 70.4 Å². The number of benzene rings is 2. The minimum absolute atomic E-state index is 0.0199. The zero-order valence-electron chi connectivity index (χ0n) is 18.2. The highest BCUT2D eigenvalue weighted by molar-refractivity contribution is 6.35. The van der Waals surface area contributed by atoms with Crippen LogP contribution >= 0.6 is 11.6 Å². The van der Waals surface area contributed by atoms with E-state index in [1.165, 1.54) is 0 Å². The van der Waals surface area contributed by atoms with Gasteiger partial charge in [0, 0.05) is 42.0 Å². The molecule has 5 rings (SSSR count). The molecule has 0 atom stereocenters. The first-order valence-electron chi connectivity index (χ1n) is 10.8. The summed E-state index contributed by atoms with van der Waals surface area (Å²) < 4.78 is 0. The lowest BCUT2D eigenvalue weighted by Gasteiger charge is -2.44. The van der Waals surface area contributed by atoms with E-state index in [0.717, 1.165) is 59.2 Å². The maximum atomic E-state index is 13.4. The summed E-state index contributed by atoms with van der Waals surface area (Å²) in [5.74, 6) is -0.0199. The quantitative estimate of drug-likeness (QED) is 0.648. The number of pyridine rings is 1. The molecule has 2 heterocycles. The molecule has 0 spiro atoms. The number of nitrogens with one attached hydrogen (secondary N) is 1. The standard InChI is InChI=1S/C25H27ClN4O/c1-16-7-8-17(30-14-18(15-30)29(2)3)13-20(16)24(31)28-25(10-11-25)21-9-12-27-23-19(21)5-4-6-22(23)26/h4-9,12-13,18H,10-11,14-15H2,1-3H3,(H,28,31). The highest BCUT2D eigenvalue weighted by Crippen LogP contribution is 2.48. The molecule has 1 aliphatic heterocycles. The van der Waals surface area contributed by atoms with Crippen LogP contribution in [0.5, 0.6) is 0 Å². The fourth-order valence-electron chi connectivity index (χ4n) is 4.47. The van der Waals surface area contributed by atoms with E-state index in [0.29, 0.717) is 11.1 Å². The molecule has 0 unspecified atom stereocenters. The van der Waals surface area contributed by atoms with Gasteiger partial charge in [-0.05, 0) is 69.3 Å². The van der Waals surface area contributed by atoms with Crippen LogP contribution in [0.2, 0.25) is 5.02 Å². The number of hydrogen-bond acceptors (Lipinski definition) is 4. The van der Waals surface area contributed by atoms with Crippen molar-refractivity contribution in [2.75, 3.05) is 32.1 Å². The van der Waals surface area contributed by atoms with Gasteiger partial charge in [0.1, 0.15) is 0 Å². The Balaban J connectivity index is 1.41. The van der Waals surface area contributed by atoms with Crippen LogP contribution in [0.3, 0.4) is 0 Å². The third kappa shape index (κ3) is 3.56. The van der Waals surface area contributed by atoms with E-state index in [2.05, 4.69) is 46.3 Å². The number of likely N-dealkylation sites (N-methyl/N-ethyl adjacent to an activating group) is 1. The number of anilines is 1. The van der Waals surface area contributed by atoms with Crippen LogP contribution < -0.4 is 10.2 Å². The van der Waals surface area contributed by atoms with E-state index >= 15 is 0 Å². The minimum Gasteiger partial charge on any atom is -0.368 e. The predicted molar refractivity (Wildman–Crippen MR) is 126 cm³/mol. The third-order valence-electron chi connectivity index (χ3n) is 6.76. The number of rotatable bonds is 5. The van der Waals surface area contributed by atoms with Crippen LogP contribution in [0.15, 0.2) is 48.7 Å². The molecule has 1 aliphatic carbocycles. The monoisotopic (exact) mass is 434 g/mol. The first-order chi connectivity index (χ1) is 14.9. The van der Waals surface area contributed by atoms with E-state index in [-0.39, 0.29) is 11.4 Å². The SMILES string of the molecule is Cc1ccc(N2CC(N(C)C)C2)cc1C(=O)NC1(c2ccnc3c(Cl)cccc23)CC1. The summed E-state index contributed by atoms with van der Waals surface area (Å²) >= 11 is 6.36. The maximum absolute atomic E-state index is 13.4. The van der Waals surface area contributed by atoms with E-state index in [1.807, 2.05) is 37.3 Å². The molecule has 160 valence electrons. The van der Waals surface area contributed by atoms with Gasteiger partial charge in [-0.2, -0.15) is 0 Å². The maximum Gasteiger partial charge on any atom is 0.252 e. The summed E-state index contributed by atoms with van der Waals surface area (Å²) in [6.07, 6.45) is 3.62. The first-order valence-corrected chi connectivity index (χ1v) is 11.1. The van der Waals surface area contributed by atoms with Crippen LogP contribution in [0, 0.1) is 6.92 Å². The number of para-hydroxylation sites is 1. The molecular formula is C25H27ClN4O. The Morgan fingerprint density at radius 2 is 1.97 bits per heavy atom. The van der Waals surface area contributed by atoms with Gasteiger partial charge in [0.05, 0.1) is 16.1 Å². The second kappa shape index (κ2) is 7.50. The van der Waals surface area contributed by atoms with Crippen molar-refractivity contribution in [3.63, 3.8) is 0 Å². The van der Waals surface area contributed by atoms with Crippen LogP contribution in [-0.2, 0) is 5.54 Å². The van der Waals surface area contributed by atoms with Gasteiger partial charge in [-0.3, -0.25) is 9.78 Å². The minimum atomic E-state index is -0.349. The Morgan fingerprint density at radius 3 is 2.68 bits per heavy atom. The molecule has 5 nitrogen and oxygen atoms in total. The zero-order chi connectivity index (χ0) is 21.8. The fraction of sp³-hybridized carbons (Fsp3) is 0.360. The van der Waals surface area contributed by atoms with E-state index in [1.54, 1.807) is 6.20 Å². The highest BCUT2D eigenvalue weighted by Gasteiger charge is 2.47. The molecule has 0 radical (unpaired) electrons. The molecule has 31 heavy (non-hydrogen) atoms. The molecule has 1 amide bonds. The van der Waals surface area contributed by atoms with Crippen molar-refractivity contribution >= 4 is 34.1 Å². The lowest BCUT2D eigenvalue weighted by Crippen LogP contribution is -2.57. The van der Waals surface area contributed by atoms with E-state index in [9.17, 15) is 4.79 Å². The number of fused-ring (bicyclic) bond motifs is 1. The van der Waals surface area contributed by atoms with E-state index in [4.69, 9.17) is 11.6 Å². The molecule has 0 bridgehead atoms. The van der Waals surface area contributed by atoms with Gasteiger partial charge in [-0.25, -0.2) is 0 Å². The Morgan fingerprint density at radius 1 is 1.19 bits per heavy atom. The average Bonchev–Trinajstić information content (AvgIpc) is 3.48. The second-order valence-electron chi connectivity index (χ2n) is 9.05. The van der Waals surface area contributed by atoms with Gasteiger partial charge >= 0.3 is 0 Å². The largest absolute Gasteiger partial charge is 0.368 e. The molecule has 2 fully saturated rings. The van der Waals surface area contributed by atoms with Crippen molar-refractivity contribution in [1.82, 2.24) is 15.2 Å². The number of hydrogen-bond donors (Lipinski definition) is 1. The third-order valence-corrected chi connectivity index (χ3v) is 7.07. The molecule has 1 N–H and O–H groups in total. The summed E-state index contributed by atoms with van der Waals surface area (Å²) in [7, 11) is 4.22. The van der Waals surface area contributed by atoms with Crippen molar-refractivity contribution < 1.29 is 4.79 Å². The predicted octanol–water partition coefficient (Wildman–Crippen LogP) is 4.37. The molecular weight excluding hydrogens is 408 g/mol. The summed E-state index contributed by atoms with van der Waals surface area (Å²) in [6, 6.07) is 14.6. The molecule has 3 aromatic rings. The topological polar surface area (TPSA) is 48.5 Å². The molecule has 1 saturated heterocycles. The Labute approximate surface area is 188 Å². The van der Waals surface area contributed by atoms with Gasteiger partial charge in [0.15, 0.2) is 0 Å². The lowest BCUT2D eigenvalue weighted by atomic mass is 9.98. The van der Waals surface area contributed by atoms with Crippen LogP contribution in [0.25, 0.3) is 10.9 Å². The molecule has 2 aromatic carbocycles. The molecule has 6 heteroatoms. The number of amides is 1. The van der Waals surface area contributed by atoms with Gasteiger partial charge in [0.2, 0.25) is 0 Å². The molecule has 1 saturated carbocycles. The number of aromatic nitrogens is 1. The van der Waals surface area contributed by atoms with E-state index < -0.39 is 0 Å². The molecule has 1 aromatic heterocycles. The number of aryl methyl sites for hydroxylation is 1. The van der Waals surface area contributed by atoms with Crippen molar-refractivity contribution in [2.24, 2.45) is 0 Å². The number of halogens is 1. The Bertz CT molecular complexity index is 1170.